The molecule has 1 heterocycles. The summed E-state index contributed by atoms with van der Waals surface area (Å²) in [6.45, 7) is 6.83. The summed E-state index contributed by atoms with van der Waals surface area (Å²) in [5.41, 5.74) is 3.13. The van der Waals surface area contributed by atoms with E-state index in [1.54, 1.807) is 24.0 Å². The van der Waals surface area contributed by atoms with Crippen LogP contribution in [-0.4, -0.2) is 38.3 Å². The van der Waals surface area contributed by atoms with Gasteiger partial charge in [0.15, 0.2) is 0 Å². The van der Waals surface area contributed by atoms with Gasteiger partial charge in [-0.15, -0.1) is 0 Å². The van der Waals surface area contributed by atoms with E-state index in [9.17, 15) is 13.2 Å². The Kier molecular flexibility index (Phi) is 5.67. The Balaban J connectivity index is 2.01. The van der Waals surface area contributed by atoms with Crippen LogP contribution in [0.1, 0.15) is 41.8 Å². The van der Waals surface area contributed by atoms with Gasteiger partial charge in [-0.05, 0) is 49.1 Å². The van der Waals surface area contributed by atoms with Gasteiger partial charge < -0.3 is 4.90 Å². The summed E-state index contributed by atoms with van der Waals surface area (Å²) in [6.07, 6.45) is 1.86. The number of sulfonamides is 1. The fourth-order valence-corrected chi connectivity index (χ4v) is 5.32. The number of carbonyl (C=O) groups is 1. The van der Waals surface area contributed by atoms with Crippen molar-refractivity contribution in [2.75, 3.05) is 24.5 Å². The highest BCUT2D eigenvalue weighted by Gasteiger charge is 2.27. The van der Waals surface area contributed by atoms with E-state index in [1.807, 2.05) is 38.1 Å². The molecule has 0 aliphatic carbocycles. The normalized spacial score (nSPS) is 14.3. The molecule has 0 aromatic heterocycles. The third kappa shape index (κ3) is 3.64. The minimum absolute atomic E-state index is 0.154. The van der Waals surface area contributed by atoms with Crippen LogP contribution in [0.4, 0.5) is 5.69 Å². The van der Waals surface area contributed by atoms with E-state index in [0.29, 0.717) is 30.8 Å². The van der Waals surface area contributed by atoms with Crippen molar-refractivity contribution in [1.29, 1.82) is 0 Å². The van der Waals surface area contributed by atoms with Crippen LogP contribution in [0, 0.1) is 6.92 Å². The summed E-state index contributed by atoms with van der Waals surface area (Å²) >= 11 is 0. The van der Waals surface area contributed by atoms with Gasteiger partial charge in [0.1, 0.15) is 0 Å². The van der Waals surface area contributed by atoms with E-state index in [2.05, 4.69) is 0 Å². The summed E-state index contributed by atoms with van der Waals surface area (Å²) in [7, 11) is -3.62. The Morgan fingerprint density at radius 2 is 1.81 bits per heavy atom. The molecule has 2 aromatic rings. The standard InChI is InChI=1S/C21H26N2O3S/c1-4-22(5-2)27(25,26)20-15-18(13-12-16(20)3)21(24)23-14-8-10-17-9-6-7-11-19(17)23/h6-7,9,11-13,15H,4-5,8,10,14H2,1-3H3. The molecular weight excluding hydrogens is 360 g/mol. The fourth-order valence-electron chi connectivity index (χ4n) is 3.61. The fraction of sp³-hybridized carbons (Fsp3) is 0.381. The molecule has 3 rings (SSSR count). The molecule has 1 aliphatic rings. The van der Waals surface area contributed by atoms with Crippen molar-refractivity contribution in [3.05, 3.63) is 59.2 Å². The summed E-state index contributed by atoms with van der Waals surface area (Å²) in [4.78, 5) is 15.2. The molecule has 1 amide bonds. The average Bonchev–Trinajstić information content (AvgIpc) is 2.68. The lowest BCUT2D eigenvalue weighted by molar-refractivity contribution is 0.0985. The Labute approximate surface area is 161 Å². The van der Waals surface area contributed by atoms with Crippen LogP contribution in [0.15, 0.2) is 47.4 Å². The number of nitrogens with zero attached hydrogens (tertiary/aromatic N) is 2. The molecular formula is C21H26N2O3S. The number of para-hydroxylation sites is 1. The van der Waals surface area contributed by atoms with E-state index >= 15 is 0 Å². The Morgan fingerprint density at radius 3 is 2.52 bits per heavy atom. The molecule has 5 nitrogen and oxygen atoms in total. The number of carbonyl (C=O) groups excluding carboxylic acids is 1. The Morgan fingerprint density at radius 1 is 1.11 bits per heavy atom. The number of fused-ring (bicyclic) bond motifs is 1. The second kappa shape index (κ2) is 7.82. The van der Waals surface area contributed by atoms with Gasteiger partial charge in [0, 0.05) is 30.9 Å². The van der Waals surface area contributed by atoms with Crippen molar-refractivity contribution in [1.82, 2.24) is 4.31 Å². The SMILES string of the molecule is CCN(CC)S(=O)(=O)c1cc(C(=O)N2CCCc3ccccc32)ccc1C. The summed E-state index contributed by atoms with van der Waals surface area (Å²) < 4.78 is 27.3. The maximum atomic E-state index is 13.2. The first-order chi connectivity index (χ1) is 12.9. The van der Waals surface area contributed by atoms with Gasteiger partial charge in [-0.25, -0.2) is 8.42 Å². The van der Waals surface area contributed by atoms with Gasteiger partial charge in [-0.1, -0.05) is 38.1 Å². The second-order valence-corrected chi connectivity index (χ2v) is 8.67. The molecule has 0 radical (unpaired) electrons. The molecule has 0 spiro atoms. The average molecular weight is 387 g/mol. The maximum Gasteiger partial charge on any atom is 0.258 e. The predicted octanol–water partition coefficient (Wildman–Crippen LogP) is 3.62. The van der Waals surface area contributed by atoms with Gasteiger partial charge in [0.05, 0.1) is 4.90 Å². The number of aryl methyl sites for hydroxylation is 2. The van der Waals surface area contributed by atoms with Crippen LogP contribution in [0.3, 0.4) is 0 Å². The molecule has 27 heavy (non-hydrogen) atoms. The summed E-state index contributed by atoms with van der Waals surface area (Å²) in [5, 5.41) is 0. The highest BCUT2D eigenvalue weighted by Crippen LogP contribution is 2.29. The largest absolute Gasteiger partial charge is 0.308 e. The predicted molar refractivity (Wildman–Crippen MR) is 108 cm³/mol. The highest BCUT2D eigenvalue weighted by molar-refractivity contribution is 7.89. The van der Waals surface area contributed by atoms with Crippen LogP contribution < -0.4 is 4.90 Å². The third-order valence-corrected chi connectivity index (χ3v) is 7.31. The molecule has 0 saturated carbocycles. The van der Waals surface area contributed by atoms with E-state index < -0.39 is 10.0 Å². The molecule has 2 aromatic carbocycles. The molecule has 6 heteroatoms. The van der Waals surface area contributed by atoms with Crippen molar-refractivity contribution in [2.24, 2.45) is 0 Å². The highest BCUT2D eigenvalue weighted by atomic mass is 32.2. The van der Waals surface area contributed by atoms with Crippen molar-refractivity contribution in [3.63, 3.8) is 0 Å². The zero-order valence-corrected chi connectivity index (χ0v) is 16.9. The first kappa shape index (κ1) is 19.6. The van der Waals surface area contributed by atoms with Crippen molar-refractivity contribution in [2.45, 2.75) is 38.5 Å². The summed E-state index contributed by atoms with van der Waals surface area (Å²) in [5.74, 6) is -0.154. The van der Waals surface area contributed by atoms with E-state index in [0.717, 1.165) is 24.1 Å². The van der Waals surface area contributed by atoms with Gasteiger partial charge in [-0.2, -0.15) is 4.31 Å². The lowest BCUT2D eigenvalue weighted by Crippen LogP contribution is -2.36. The molecule has 0 atom stereocenters. The first-order valence-corrected chi connectivity index (χ1v) is 10.8. The zero-order chi connectivity index (χ0) is 19.6. The van der Waals surface area contributed by atoms with Crippen LogP contribution in [-0.2, 0) is 16.4 Å². The quantitative estimate of drug-likeness (QED) is 0.789. The number of hydrogen-bond acceptors (Lipinski definition) is 3. The van der Waals surface area contributed by atoms with Crippen LogP contribution in [0.2, 0.25) is 0 Å². The summed E-state index contributed by atoms with van der Waals surface area (Å²) in [6, 6.07) is 12.9. The smallest absolute Gasteiger partial charge is 0.258 e. The van der Waals surface area contributed by atoms with Gasteiger partial charge in [-0.3, -0.25) is 4.79 Å². The van der Waals surface area contributed by atoms with Crippen LogP contribution in [0.25, 0.3) is 0 Å². The van der Waals surface area contributed by atoms with E-state index in [1.165, 1.54) is 10.4 Å². The van der Waals surface area contributed by atoms with Gasteiger partial charge in [0.2, 0.25) is 10.0 Å². The van der Waals surface area contributed by atoms with E-state index in [4.69, 9.17) is 0 Å². The molecule has 0 saturated heterocycles. The molecule has 0 fully saturated rings. The number of rotatable bonds is 5. The molecule has 0 bridgehead atoms. The van der Waals surface area contributed by atoms with Crippen LogP contribution >= 0.6 is 0 Å². The molecule has 144 valence electrons. The Bertz CT molecular complexity index is 950. The van der Waals surface area contributed by atoms with Gasteiger partial charge >= 0.3 is 0 Å². The lowest BCUT2D eigenvalue weighted by atomic mass is 10.0. The minimum Gasteiger partial charge on any atom is -0.308 e. The molecule has 0 N–H and O–H groups in total. The number of amides is 1. The number of benzene rings is 2. The minimum atomic E-state index is -3.62. The zero-order valence-electron chi connectivity index (χ0n) is 16.1. The maximum absolute atomic E-state index is 13.2. The van der Waals surface area contributed by atoms with Crippen molar-refractivity contribution < 1.29 is 13.2 Å². The monoisotopic (exact) mass is 386 g/mol. The van der Waals surface area contributed by atoms with E-state index in [-0.39, 0.29) is 10.8 Å². The second-order valence-electron chi connectivity index (χ2n) is 6.76. The first-order valence-electron chi connectivity index (χ1n) is 9.40. The molecule has 0 unspecified atom stereocenters. The number of anilines is 1. The third-order valence-electron chi connectivity index (χ3n) is 5.11. The Hall–Kier alpha value is -2.18. The van der Waals surface area contributed by atoms with Crippen LogP contribution in [0.5, 0.6) is 0 Å². The topological polar surface area (TPSA) is 57.7 Å². The van der Waals surface area contributed by atoms with Gasteiger partial charge in [0.25, 0.3) is 5.91 Å². The van der Waals surface area contributed by atoms with Crippen molar-refractivity contribution >= 4 is 21.6 Å². The lowest BCUT2D eigenvalue weighted by Gasteiger charge is -2.29. The van der Waals surface area contributed by atoms with Crippen molar-refractivity contribution in [3.8, 4) is 0 Å². The number of hydrogen-bond donors (Lipinski definition) is 0. The molecule has 1 aliphatic heterocycles.